The van der Waals surface area contributed by atoms with Gasteiger partial charge in [-0.2, -0.15) is 0 Å². The normalized spacial score (nSPS) is 16.8. The SMILES string of the molecule is Cc1sc2nc([C@@H](C)OC(=O)C3(c4ccccc4F)CCCC3)[nH]c(=O)c2c1C. The Balaban J connectivity index is 1.66. The average Bonchev–Trinajstić information content (AvgIpc) is 3.28. The summed E-state index contributed by atoms with van der Waals surface area (Å²) in [6.45, 7) is 5.52. The highest BCUT2D eigenvalue weighted by atomic mass is 32.1. The number of nitrogens with zero attached hydrogens (tertiary/aromatic N) is 1. The lowest BCUT2D eigenvalue weighted by molar-refractivity contribution is -0.156. The highest BCUT2D eigenvalue weighted by Crippen LogP contribution is 2.44. The molecule has 0 saturated heterocycles. The Kier molecular flexibility index (Phi) is 5.02. The molecule has 152 valence electrons. The van der Waals surface area contributed by atoms with Crippen LogP contribution < -0.4 is 5.56 Å². The number of hydrogen-bond donors (Lipinski definition) is 1. The summed E-state index contributed by atoms with van der Waals surface area (Å²) in [5.74, 6) is -0.552. The van der Waals surface area contributed by atoms with E-state index < -0.39 is 23.3 Å². The zero-order valence-corrected chi connectivity index (χ0v) is 17.5. The molecule has 0 radical (unpaired) electrons. The number of thiophene rings is 1. The van der Waals surface area contributed by atoms with E-state index in [1.807, 2.05) is 13.8 Å². The molecule has 5 nitrogen and oxygen atoms in total. The van der Waals surface area contributed by atoms with Crippen molar-refractivity contribution in [2.75, 3.05) is 0 Å². The number of nitrogens with one attached hydrogen (secondary N) is 1. The number of aromatic nitrogens is 2. The molecule has 0 aliphatic heterocycles. The van der Waals surface area contributed by atoms with Crippen molar-refractivity contribution in [1.29, 1.82) is 0 Å². The molecule has 3 aromatic rings. The third kappa shape index (κ3) is 3.27. The molecule has 1 saturated carbocycles. The second kappa shape index (κ2) is 7.37. The van der Waals surface area contributed by atoms with E-state index in [1.165, 1.54) is 17.4 Å². The maximum absolute atomic E-state index is 14.5. The molecule has 29 heavy (non-hydrogen) atoms. The molecular formula is C22H23FN2O3S. The first kappa shape index (κ1) is 19.8. The topological polar surface area (TPSA) is 72.0 Å². The Hall–Kier alpha value is -2.54. The molecule has 1 aliphatic carbocycles. The van der Waals surface area contributed by atoms with E-state index in [9.17, 15) is 14.0 Å². The minimum absolute atomic E-state index is 0.237. The van der Waals surface area contributed by atoms with E-state index in [1.54, 1.807) is 25.1 Å². The molecular weight excluding hydrogens is 391 g/mol. The van der Waals surface area contributed by atoms with Crippen LogP contribution in [0.5, 0.6) is 0 Å². The van der Waals surface area contributed by atoms with E-state index in [4.69, 9.17) is 4.74 Å². The van der Waals surface area contributed by atoms with Gasteiger partial charge in [-0.3, -0.25) is 9.59 Å². The number of hydrogen-bond acceptors (Lipinski definition) is 5. The number of ether oxygens (including phenoxy) is 1. The van der Waals surface area contributed by atoms with Gasteiger partial charge < -0.3 is 9.72 Å². The standard InChI is InChI=1S/C22H23FN2O3S/c1-12-14(3)29-20-17(12)19(26)24-18(25-20)13(2)28-21(27)22(10-6-7-11-22)15-8-4-5-9-16(15)23/h4-5,8-9,13H,6-7,10-11H2,1-3H3,(H,24,25,26)/t13-/m1/s1. The van der Waals surface area contributed by atoms with E-state index >= 15 is 0 Å². The Labute approximate surface area is 171 Å². The Morgan fingerprint density at radius 2 is 1.97 bits per heavy atom. The maximum atomic E-state index is 14.5. The van der Waals surface area contributed by atoms with Gasteiger partial charge in [-0.05, 0) is 45.2 Å². The van der Waals surface area contributed by atoms with Gasteiger partial charge in [0, 0.05) is 10.4 Å². The first-order chi connectivity index (χ1) is 13.8. The summed E-state index contributed by atoms with van der Waals surface area (Å²) in [6.07, 6.45) is 2.03. The number of halogens is 1. The Bertz CT molecular complexity index is 1140. The second-order valence-electron chi connectivity index (χ2n) is 7.73. The van der Waals surface area contributed by atoms with Crippen LogP contribution in [-0.4, -0.2) is 15.9 Å². The summed E-state index contributed by atoms with van der Waals surface area (Å²) in [4.78, 5) is 34.7. The maximum Gasteiger partial charge on any atom is 0.317 e. The predicted molar refractivity (Wildman–Crippen MR) is 111 cm³/mol. The molecule has 2 aromatic heterocycles. The first-order valence-electron chi connectivity index (χ1n) is 9.79. The molecule has 1 aromatic carbocycles. The van der Waals surface area contributed by atoms with Gasteiger partial charge >= 0.3 is 5.97 Å². The monoisotopic (exact) mass is 414 g/mol. The molecule has 4 rings (SSSR count). The van der Waals surface area contributed by atoms with E-state index in [-0.39, 0.29) is 5.56 Å². The van der Waals surface area contributed by atoms with Crippen LogP contribution in [0.4, 0.5) is 4.39 Å². The van der Waals surface area contributed by atoms with Crippen LogP contribution in [-0.2, 0) is 14.9 Å². The molecule has 1 atom stereocenters. The summed E-state index contributed by atoms with van der Waals surface area (Å²) in [6, 6.07) is 6.39. The lowest BCUT2D eigenvalue weighted by Gasteiger charge is -2.29. The summed E-state index contributed by atoms with van der Waals surface area (Å²) in [5, 5.41) is 0.577. The minimum atomic E-state index is -0.986. The molecule has 0 spiro atoms. The van der Waals surface area contributed by atoms with Gasteiger partial charge in [0.1, 0.15) is 10.6 Å². The highest BCUT2D eigenvalue weighted by molar-refractivity contribution is 7.18. The van der Waals surface area contributed by atoms with Crippen LogP contribution >= 0.6 is 11.3 Å². The number of benzene rings is 1. The smallest absolute Gasteiger partial charge is 0.317 e. The summed E-state index contributed by atoms with van der Waals surface area (Å²) >= 11 is 1.45. The van der Waals surface area contributed by atoms with Crippen molar-refractivity contribution in [3.8, 4) is 0 Å². The number of esters is 1. The van der Waals surface area contributed by atoms with Crippen LogP contribution in [0.15, 0.2) is 29.1 Å². The van der Waals surface area contributed by atoms with Crippen LogP contribution in [0.2, 0.25) is 0 Å². The van der Waals surface area contributed by atoms with E-state index in [0.717, 1.165) is 23.3 Å². The molecule has 0 unspecified atom stereocenters. The Morgan fingerprint density at radius 3 is 2.66 bits per heavy atom. The third-order valence-corrected chi connectivity index (χ3v) is 7.06. The molecule has 0 bridgehead atoms. The van der Waals surface area contributed by atoms with Gasteiger partial charge in [-0.1, -0.05) is 31.0 Å². The van der Waals surface area contributed by atoms with E-state index in [2.05, 4.69) is 9.97 Å². The fraction of sp³-hybridized carbons (Fsp3) is 0.409. The Morgan fingerprint density at radius 1 is 1.28 bits per heavy atom. The largest absolute Gasteiger partial charge is 0.454 e. The number of H-pyrrole nitrogens is 1. The average molecular weight is 415 g/mol. The van der Waals surface area contributed by atoms with Crippen molar-refractivity contribution in [3.05, 3.63) is 62.3 Å². The van der Waals surface area contributed by atoms with Crippen molar-refractivity contribution < 1.29 is 13.9 Å². The van der Waals surface area contributed by atoms with Crippen LogP contribution in [0.25, 0.3) is 10.2 Å². The van der Waals surface area contributed by atoms with Crippen molar-refractivity contribution in [3.63, 3.8) is 0 Å². The van der Waals surface area contributed by atoms with Crippen LogP contribution in [0, 0.1) is 19.7 Å². The van der Waals surface area contributed by atoms with Gasteiger partial charge in [-0.15, -0.1) is 11.3 Å². The molecule has 7 heteroatoms. The summed E-state index contributed by atoms with van der Waals surface area (Å²) in [5.41, 5.74) is 0.0788. The second-order valence-corrected chi connectivity index (χ2v) is 8.93. The van der Waals surface area contributed by atoms with Gasteiger partial charge in [0.15, 0.2) is 11.9 Å². The zero-order valence-electron chi connectivity index (χ0n) is 16.7. The third-order valence-electron chi connectivity index (χ3n) is 5.96. The molecule has 1 fully saturated rings. The lowest BCUT2D eigenvalue weighted by atomic mass is 9.78. The number of aromatic amines is 1. The van der Waals surface area contributed by atoms with Crippen molar-refractivity contribution >= 4 is 27.5 Å². The fourth-order valence-electron chi connectivity index (χ4n) is 4.20. The highest BCUT2D eigenvalue weighted by Gasteiger charge is 2.46. The summed E-state index contributed by atoms with van der Waals surface area (Å²) in [7, 11) is 0. The lowest BCUT2D eigenvalue weighted by Crippen LogP contribution is -2.36. The van der Waals surface area contributed by atoms with E-state index in [0.29, 0.717) is 34.4 Å². The van der Waals surface area contributed by atoms with Crippen molar-refractivity contribution in [2.24, 2.45) is 0 Å². The van der Waals surface area contributed by atoms with Gasteiger partial charge in [0.25, 0.3) is 5.56 Å². The van der Waals surface area contributed by atoms with Crippen molar-refractivity contribution in [1.82, 2.24) is 9.97 Å². The minimum Gasteiger partial charge on any atom is -0.454 e. The number of carbonyl (C=O) groups excluding carboxylic acids is 1. The van der Waals surface area contributed by atoms with Gasteiger partial charge in [0.2, 0.25) is 0 Å². The predicted octanol–water partition coefficient (Wildman–Crippen LogP) is 4.86. The number of fused-ring (bicyclic) bond motifs is 1. The van der Waals surface area contributed by atoms with Gasteiger partial charge in [-0.25, -0.2) is 9.37 Å². The van der Waals surface area contributed by atoms with Crippen LogP contribution in [0.1, 0.15) is 60.5 Å². The number of rotatable bonds is 4. The summed E-state index contributed by atoms with van der Waals surface area (Å²) < 4.78 is 20.2. The van der Waals surface area contributed by atoms with Crippen molar-refractivity contribution in [2.45, 2.75) is 58.0 Å². The molecule has 1 N–H and O–H groups in total. The number of aryl methyl sites for hydroxylation is 2. The molecule has 2 heterocycles. The quantitative estimate of drug-likeness (QED) is 0.619. The number of carbonyl (C=O) groups is 1. The molecule has 0 amide bonds. The fourth-order valence-corrected chi connectivity index (χ4v) is 5.24. The van der Waals surface area contributed by atoms with Gasteiger partial charge in [0.05, 0.1) is 10.8 Å². The zero-order chi connectivity index (χ0) is 20.8. The molecule has 1 aliphatic rings. The van der Waals surface area contributed by atoms with Crippen LogP contribution in [0.3, 0.4) is 0 Å². The first-order valence-corrected chi connectivity index (χ1v) is 10.6.